The van der Waals surface area contributed by atoms with Gasteiger partial charge in [-0.1, -0.05) is 20.3 Å². The van der Waals surface area contributed by atoms with Crippen molar-refractivity contribution < 1.29 is 9.59 Å². The van der Waals surface area contributed by atoms with Gasteiger partial charge in [0.2, 0.25) is 0 Å². The molecule has 2 heteroatoms. The van der Waals surface area contributed by atoms with Gasteiger partial charge in [-0.15, -0.1) is 0 Å². The molecule has 0 aromatic heterocycles. The maximum absolute atomic E-state index is 11.6. The van der Waals surface area contributed by atoms with Gasteiger partial charge in [-0.25, -0.2) is 0 Å². The maximum atomic E-state index is 11.6. The summed E-state index contributed by atoms with van der Waals surface area (Å²) in [5.74, 6) is 1.21. The molecule has 1 saturated carbocycles. The number of Topliss-reactive ketones (excluding diaryl/α,β-unsaturated/α-hetero) is 2. The van der Waals surface area contributed by atoms with Crippen molar-refractivity contribution in [3.63, 3.8) is 0 Å². The Morgan fingerprint density at radius 2 is 1.67 bits per heavy atom. The molecule has 2 nitrogen and oxygen atoms in total. The highest BCUT2D eigenvalue weighted by Gasteiger charge is 2.44. The standard InChI is InChI=1S/C13H22O2/c1-5-6-11-7-8(2)12(9(3)14)13(11)10(4)15/h8,11-13H,5-7H2,1-4H3. The van der Waals surface area contributed by atoms with Crippen molar-refractivity contribution in [3.8, 4) is 0 Å². The summed E-state index contributed by atoms with van der Waals surface area (Å²) in [5.41, 5.74) is 0. The Kier molecular flexibility index (Phi) is 4.06. The molecule has 0 amide bonds. The van der Waals surface area contributed by atoms with E-state index in [4.69, 9.17) is 0 Å². The first kappa shape index (κ1) is 12.4. The highest BCUT2D eigenvalue weighted by Crippen LogP contribution is 2.44. The molecule has 1 rings (SSSR count). The van der Waals surface area contributed by atoms with E-state index in [9.17, 15) is 9.59 Å². The zero-order valence-corrected chi connectivity index (χ0v) is 10.2. The summed E-state index contributed by atoms with van der Waals surface area (Å²) in [5, 5.41) is 0. The van der Waals surface area contributed by atoms with Gasteiger partial charge in [-0.2, -0.15) is 0 Å². The van der Waals surface area contributed by atoms with Crippen LogP contribution < -0.4 is 0 Å². The van der Waals surface area contributed by atoms with Crippen molar-refractivity contribution in [2.24, 2.45) is 23.7 Å². The van der Waals surface area contributed by atoms with Crippen LogP contribution in [-0.4, -0.2) is 11.6 Å². The number of ketones is 2. The lowest BCUT2D eigenvalue weighted by molar-refractivity contribution is -0.131. The number of hydrogen-bond donors (Lipinski definition) is 0. The fourth-order valence-electron chi connectivity index (χ4n) is 3.32. The minimum Gasteiger partial charge on any atom is -0.300 e. The summed E-state index contributed by atoms with van der Waals surface area (Å²) in [7, 11) is 0. The van der Waals surface area contributed by atoms with E-state index in [0.717, 1.165) is 19.3 Å². The smallest absolute Gasteiger partial charge is 0.133 e. The second kappa shape index (κ2) is 4.91. The van der Waals surface area contributed by atoms with Gasteiger partial charge >= 0.3 is 0 Å². The predicted molar refractivity (Wildman–Crippen MR) is 60.5 cm³/mol. The summed E-state index contributed by atoms with van der Waals surface area (Å²) in [6.07, 6.45) is 3.23. The lowest BCUT2D eigenvalue weighted by Gasteiger charge is -2.21. The molecule has 0 N–H and O–H groups in total. The van der Waals surface area contributed by atoms with Crippen LogP contribution in [-0.2, 0) is 9.59 Å². The Morgan fingerprint density at radius 3 is 2.07 bits per heavy atom. The van der Waals surface area contributed by atoms with Gasteiger partial charge in [0.05, 0.1) is 0 Å². The average Bonchev–Trinajstić information content (AvgIpc) is 2.42. The second-order valence-corrected chi connectivity index (χ2v) is 5.03. The lowest BCUT2D eigenvalue weighted by Crippen LogP contribution is -2.28. The minimum absolute atomic E-state index is 0.00236. The van der Waals surface area contributed by atoms with Crippen LogP contribution in [0.3, 0.4) is 0 Å². The van der Waals surface area contributed by atoms with Gasteiger partial charge in [-0.3, -0.25) is 9.59 Å². The van der Waals surface area contributed by atoms with Gasteiger partial charge in [0.15, 0.2) is 0 Å². The van der Waals surface area contributed by atoms with Crippen LogP contribution >= 0.6 is 0 Å². The molecule has 0 heterocycles. The van der Waals surface area contributed by atoms with Crippen LogP contribution in [0.5, 0.6) is 0 Å². The monoisotopic (exact) mass is 210 g/mol. The highest BCUT2D eigenvalue weighted by molar-refractivity contribution is 5.88. The predicted octanol–water partition coefficient (Wildman–Crippen LogP) is 2.85. The quantitative estimate of drug-likeness (QED) is 0.715. The van der Waals surface area contributed by atoms with Crippen molar-refractivity contribution in [2.45, 2.75) is 47.0 Å². The third-order valence-electron chi connectivity index (χ3n) is 3.78. The largest absolute Gasteiger partial charge is 0.300 e. The Labute approximate surface area is 92.4 Å². The van der Waals surface area contributed by atoms with Crippen molar-refractivity contribution in [3.05, 3.63) is 0 Å². The van der Waals surface area contributed by atoms with E-state index in [1.165, 1.54) is 0 Å². The normalized spacial score (nSPS) is 35.5. The third-order valence-corrected chi connectivity index (χ3v) is 3.78. The zero-order chi connectivity index (χ0) is 11.6. The Hall–Kier alpha value is -0.660. The van der Waals surface area contributed by atoms with E-state index in [1.807, 2.05) is 0 Å². The van der Waals surface area contributed by atoms with E-state index < -0.39 is 0 Å². The Balaban J connectivity index is 2.87. The van der Waals surface area contributed by atoms with Gasteiger partial charge in [0, 0.05) is 11.8 Å². The molecule has 1 aliphatic rings. The molecule has 1 fully saturated rings. The fourth-order valence-corrected chi connectivity index (χ4v) is 3.32. The molecule has 1 aliphatic carbocycles. The van der Waals surface area contributed by atoms with Crippen LogP contribution in [0, 0.1) is 23.7 Å². The molecular formula is C13H22O2. The summed E-state index contributed by atoms with van der Waals surface area (Å²) in [6.45, 7) is 7.52. The molecule has 0 bridgehead atoms. The van der Waals surface area contributed by atoms with Crippen LogP contribution in [0.1, 0.15) is 47.0 Å². The molecule has 0 spiro atoms. The summed E-state index contributed by atoms with van der Waals surface area (Å²) >= 11 is 0. The third kappa shape index (κ3) is 2.47. The first-order valence-electron chi connectivity index (χ1n) is 5.99. The van der Waals surface area contributed by atoms with E-state index >= 15 is 0 Å². The van der Waals surface area contributed by atoms with E-state index in [-0.39, 0.29) is 23.4 Å². The SMILES string of the molecule is CCCC1CC(C)C(C(C)=O)C1C(C)=O. The number of rotatable bonds is 4. The van der Waals surface area contributed by atoms with Crippen molar-refractivity contribution in [1.29, 1.82) is 0 Å². The first-order chi connectivity index (χ1) is 6.99. The van der Waals surface area contributed by atoms with Crippen LogP contribution in [0.4, 0.5) is 0 Å². The maximum Gasteiger partial charge on any atom is 0.133 e. The average molecular weight is 210 g/mol. The van der Waals surface area contributed by atoms with Crippen LogP contribution in [0.25, 0.3) is 0 Å². The molecule has 0 aliphatic heterocycles. The van der Waals surface area contributed by atoms with Crippen LogP contribution in [0.2, 0.25) is 0 Å². The van der Waals surface area contributed by atoms with Gasteiger partial charge in [-0.05, 0) is 38.5 Å². The molecule has 86 valence electrons. The summed E-state index contributed by atoms with van der Waals surface area (Å²) < 4.78 is 0. The van der Waals surface area contributed by atoms with E-state index in [2.05, 4.69) is 13.8 Å². The topological polar surface area (TPSA) is 34.1 Å². The summed E-state index contributed by atoms with van der Waals surface area (Å²) in [6, 6.07) is 0. The lowest BCUT2D eigenvalue weighted by atomic mass is 9.81. The number of hydrogen-bond acceptors (Lipinski definition) is 2. The van der Waals surface area contributed by atoms with Gasteiger partial charge < -0.3 is 0 Å². The highest BCUT2D eigenvalue weighted by atomic mass is 16.1. The van der Waals surface area contributed by atoms with Crippen molar-refractivity contribution in [1.82, 2.24) is 0 Å². The Bertz CT molecular complexity index is 257. The zero-order valence-electron chi connectivity index (χ0n) is 10.2. The Morgan fingerprint density at radius 1 is 1.13 bits per heavy atom. The molecule has 0 aromatic rings. The first-order valence-corrected chi connectivity index (χ1v) is 5.99. The van der Waals surface area contributed by atoms with E-state index in [0.29, 0.717) is 11.8 Å². The second-order valence-electron chi connectivity index (χ2n) is 5.03. The molecule has 4 unspecified atom stereocenters. The van der Waals surface area contributed by atoms with Gasteiger partial charge in [0.25, 0.3) is 0 Å². The fraction of sp³-hybridized carbons (Fsp3) is 0.846. The van der Waals surface area contributed by atoms with Crippen LogP contribution in [0.15, 0.2) is 0 Å². The summed E-state index contributed by atoms with van der Waals surface area (Å²) in [4.78, 5) is 23.2. The molecule has 0 saturated heterocycles. The number of carbonyl (C=O) groups is 2. The van der Waals surface area contributed by atoms with E-state index in [1.54, 1.807) is 13.8 Å². The molecule has 0 radical (unpaired) electrons. The number of carbonyl (C=O) groups excluding carboxylic acids is 2. The molecule has 15 heavy (non-hydrogen) atoms. The van der Waals surface area contributed by atoms with Crippen molar-refractivity contribution >= 4 is 11.6 Å². The molecule has 4 atom stereocenters. The molecule has 0 aromatic carbocycles. The minimum atomic E-state index is -0.0148. The molecular weight excluding hydrogens is 188 g/mol. The van der Waals surface area contributed by atoms with Gasteiger partial charge in [0.1, 0.15) is 11.6 Å². The van der Waals surface area contributed by atoms with Crippen molar-refractivity contribution in [2.75, 3.05) is 0 Å².